The van der Waals surface area contributed by atoms with E-state index in [0.29, 0.717) is 5.92 Å². The molecule has 1 aliphatic carbocycles. The first-order valence-corrected chi connectivity index (χ1v) is 5.71. The van der Waals surface area contributed by atoms with Crippen molar-refractivity contribution in [2.24, 2.45) is 17.8 Å². The van der Waals surface area contributed by atoms with Crippen LogP contribution in [0.4, 0.5) is 0 Å². The molecule has 1 rings (SSSR count). The minimum atomic E-state index is 0.0127. The summed E-state index contributed by atoms with van der Waals surface area (Å²) in [5, 5.41) is 0. The predicted molar refractivity (Wildman–Crippen MR) is 56.9 cm³/mol. The quantitative estimate of drug-likeness (QED) is 0.637. The standard InChI is InChI=1S/C12H22O2/c1-8(2)14-12(13)11-6-5-9(3)10(4)7-11/h8-11H,5-7H2,1-4H3. The van der Waals surface area contributed by atoms with E-state index >= 15 is 0 Å². The Morgan fingerprint density at radius 3 is 2.36 bits per heavy atom. The van der Waals surface area contributed by atoms with Crippen molar-refractivity contribution in [2.45, 2.75) is 53.1 Å². The van der Waals surface area contributed by atoms with Crippen molar-refractivity contribution < 1.29 is 9.53 Å². The largest absolute Gasteiger partial charge is 0.463 e. The summed E-state index contributed by atoms with van der Waals surface area (Å²) in [5.74, 6) is 1.59. The number of carbonyl (C=O) groups excluding carboxylic acids is 1. The lowest BCUT2D eigenvalue weighted by molar-refractivity contribution is -0.154. The monoisotopic (exact) mass is 198 g/mol. The Kier molecular flexibility index (Phi) is 3.97. The Labute approximate surface area is 87.0 Å². The van der Waals surface area contributed by atoms with Crippen LogP contribution in [0.5, 0.6) is 0 Å². The molecule has 1 aliphatic rings. The van der Waals surface area contributed by atoms with E-state index in [1.807, 2.05) is 13.8 Å². The van der Waals surface area contributed by atoms with E-state index in [4.69, 9.17) is 4.74 Å². The zero-order chi connectivity index (χ0) is 10.7. The third-order valence-corrected chi connectivity index (χ3v) is 3.28. The van der Waals surface area contributed by atoms with Crippen LogP contribution in [0.1, 0.15) is 47.0 Å². The van der Waals surface area contributed by atoms with Crippen LogP contribution < -0.4 is 0 Å². The van der Waals surface area contributed by atoms with Gasteiger partial charge in [-0.3, -0.25) is 4.79 Å². The zero-order valence-corrected chi connectivity index (χ0v) is 9.75. The van der Waals surface area contributed by atoms with Crippen LogP contribution in [0.2, 0.25) is 0 Å². The Balaban J connectivity index is 2.42. The number of esters is 1. The van der Waals surface area contributed by atoms with Gasteiger partial charge in [-0.25, -0.2) is 0 Å². The second-order valence-electron chi connectivity index (χ2n) is 4.95. The van der Waals surface area contributed by atoms with Gasteiger partial charge in [0.15, 0.2) is 0 Å². The summed E-state index contributed by atoms with van der Waals surface area (Å²) in [6.45, 7) is 8.33. The number of hydrogen-bond donors (Lipinski definition) is 0. The summed E-state index contributed by atoms with van der Waals surface area (Å²) in [6, 6.07) is 0. The molecule has 3 atom stereocenters. The number of carbonyl (C=O) groups is 1. The van der Waals surface area contributed by atoms with Crippen molar-refractivity contribution in [1.29, 1.82) is 0 Å². The molecule has 0 saturated heterocycles. The summed E-state index contributed by atoms with van der Waals surface area (Å²) >= 11 is 0. The van der Waals surface area contributed by atoms with Crippen LogP contribution in [-0.2, 0) is 9.53 Å². The molecule has 1 fully saturated rings. The summed E-state index contributed by atoms with van der Waals surface area (Å²) < 4.78 is 5.23. The molecule has 82 valence electrons. The van der Waals surface area contributed by atoms with Crippen LogP contribution in [-0.4, -0.2) is 12.1 Å². The zero-order valence-electron chi connectivity index (χ0n) is 9.75. The molecule has 0 bridgehead atoms. The van der Waals surface area contributed by atoms with E-state index in [0.717, 1.165) is 18.8 Å². The molecule has 0 N–H and O–H groups in total. The minimum Gasteiger partial charge on any atom is -0.463 e. The lowest BCUT2D eigenvalue weighted by atomic mass is 9.76. The fraction of sp³-hybridized carbons (Fsp3) is 0.917. The first-order chi connectivity index (χ1) is 6.50. The van der Waals surface area contributed by atoms with Crippen LogP contribution >= 0.6 is 0 Å². The SMILES string of the molecule is CC(C)OC(=O)C1CCC(C)C(C)C1. The lowest BCUT2D eigenvalue weighted by Crippen LogP contribution is -2.29. The average molecular weight is 198 g/mol. The summed E-state index contributed by atoms with van der Waals surface area (Å²) in [6.07, 6.45) is 3.21. The van der Waals surface area contributed by atoms with Crippen molar-refractivity contribution in [1.82, 2.24) is 0 Å². The molecule has 0 aliphatic heterocycles. The predicted octanol–water partition coefficient (Wildman–Crippen LogP) is 3.01. The molecular formula is C12H22O2. The van der Waals surface area contributed by atoms with Gasteiger partial charge in [0.05, 0.1) is 12.0 Å². The van der Waals surface area contributed by atoms with Gasteiger partial charge >= 0.3 is 5.97 Å². The maximum atomic E-state index is 11.6. The van der Waals surface area contributed by atoms with Gasteiger partial charge in [0, 0.05) is 0 Å². The van der Waals surface area contributed by atoms with E-state index in [-0.39, 0.29) is 18.0 Å². The smallest absolute Gasteiger partial charge is 0.309 e. The molecule has 0 aromatic heterocycles. The van der Waals surface area contributed by atoms with Gasteiger partial charge in [0.1, 0.15) is 0 Å². The van der Waals surface area contributed by atoms with Crippen molar-refractivity contribution >= 4 is 5.97 Å². The van der Waals surface area contributed by atoms with Gasteiger partial charge in [-0.1, -0.05) is 13.8 Å². The lowest BCUT2D eigenvalue weighted by Gasteiger charge is -2.31. The van der Waals surface area contributed by atoms with Crippen LogP contribution in [0.3, 0.4) is 0 Å². The summed E-state index contributed by atoms with van der Waals surface area (Å²) in [5.41, 5.74) is 0. The van der Waals surface area contributed by atoms with Crippen LogP contribution in [0.25, 0.3) is 0 Å². The van der Waals surface area contributed by atoms with Crippen LogP contribution in [0, 0.1) is 17.8 Å². The highest BCUT2D eigenvalue weighted by Gasteiger charge is 2.30. The van der Waals surface area contributed by atoms with Gasteiger partial charge < -0.3 is 4.74 Å². The number of ether oxygens (including phenoxy) is 1. The Hall–Kier alpha value is -0.530. The Morgan fingerprint density at radius 2 is 1.86 bits per heavy atom. The van der Waals surface area contributed by atoms with E-state index < -0.39 is 0 Å². The molecule has 2 heteroatoms. The molecule has 0 spiro atoms. The first kappa shape index (κ1) is 11.5. The van der Waals surface area contributed by atoms with Gasteiger partial charge in [0.25, 0.3) is 0 Å². The second-order valence-corrected chi connectivity index (χ2v) is 4.95. The first-order valence-electron chi connectivity index (χ1n) is 5.71. The van der Waals surface area contributed by atoms with E-state index in [1.165, 1.54) is 6.42 Å². The molecule has 1 saturated carbocycles. The van der Waals surface area contributed by atoms with Gasteiger partial charge in [-0.2, -0.15) is 0 Å². The molecule has 0 aromatic rings. The molecule has 0 amide bonds. The molecule has 0 radical (unpaired) electrons. The third kappa shape index (κ3) is 3.00. The van der Waals surface area contributed by atoms with Gasteiger partial charge in [-0.05, 0) is 44.9 Å². The number of hydrogen-bond acceptors (Lipinski definition) is 2. The molecule has 2 nitrogen and oxygen atoms in total. The Bertz CT molecular complexity index is 198. The van der Waals surface area contributed by atoms with Crippen LogP contribution in [0.15, 0.2) is 0 Å². The van der Waals surface area contributed by atoms with E-state index in [1.54, 1.807) is 0 Å². The fourth-order valence-corrected chi connectivity index (χ4v) is 2.09. The molecule has 14 heavy (non-hydrogen) atoms. The van der Waals surface area contributed by atoms with Crippen molar-refractivity contribution in [3.63, 3.8) is 0 Å². The summed E-state index contributed by atoms with van der Waals surface area (Å²) in [4.78, 5) is 11.6. The highest BCUT2D eigenvalue weighted by molar-refractivity contribution is 5.72. The maximum absolute atomic E-state index is 11.6. The summed E-state index contributed by atoms with van der Waals surface area (Å²) in [7, 11) is 0. The Morgan fingerprint density at radius 1 is 1.21 bits per heavy atom. The molecule has 0 aromatic carbocycles. The highest BCUT2D eigenvalue weighted by atomic mass is 16.5. The van der Waals surface area contributed by atoms with Crippen molar-refractivity contribution in [2.75, 3.05) is 0 Å². The number of rotatable bonds is 2. The molecule has 3 unspecified atom stereocenters. The third-order valence-electron chi connectivity index (χ3n) is 3.28. The molecular weight excluding hydrogens is 176 g/mol. The highest BCUT2D eigenvalue weighted by Crippen LogP contribution is 2.33. The fourth-order valence-electron chi connectivity index (χ4n) is 2.09. The maximum Gasteiger partial charge on any atom is 0.309 e. The van der Waals surface area contributed by atoms with Crippen molar-refractivity contribution in [3.8, 4) is 0 Å². The second kappa shape index (κ2) is 4.81. The minimum absolute atomic E-state index is 0.0127. The average Bonchev–Trinajstić information content (AvgIpc) is 2.08. The van der Waals surface area contributed by atoms with Crippen molar-refractivity contribution in [3.05, 3.63) is 0 Å². The topological polar surface area (TPSA) is 26.3 Å². The van der Waals surface area contributed by atoms with Gasteiger partial charge in [0.2, 0.25) is 0 Å². The van der Waals surface area contributed by atoms with Gasteiger partial charge in [-0.15, -0.1) is 0 Å². The van der Waals surface area contributed by atoms with E-state index in [2.05, 4.69) is 13.8 Å². The normalized spacial score (nSPS) is 33.1. The van der Waals surface area contributed by atoms with E-state index in [9.17, 15) is 4.79 Å². The molecule has 0 heterocycles.